The maximum absolute atomic E-state index is 13.8. The maximum atomic E-state index is 13.8. The van der Waals surface area contributed by atoms with Gasteiger partial charge in [-0.3, -0.25) is 4.98 Å². The summed E-state index contributed by atoms with van der Waals surface area (Å²) in [5.41, 5.74) is -0.731. The van der Waals surface area contributed by atoms with Crippen LogP contribution in [0.3, 0.4) is 0 Å². The van der Waals surface area contributed by atoms with E-state index in [0.29, 0.717) is 24.1 Å². The van der Waals surface area contributed by atoms with Gasteiger partial charge in [-0.15, -0.1) is 6.42 Å². The van der Waals surface area contributed by atoms with Crippen LogP contribution >= 0.6 is 22.6 Å². The Balaban J connectivity index is 1.83. The Morgan fingerprint density at radius 1 is 1.07 bits per heavy atom. The van der Waals surface area contributed by atoms with E-state index in [1.165, 1.54) is 12.1 Å². The zero-order chi connectivity index (χ0) is 28.8. The predicted molar refractivity (Wildman–Crippen MR) is 152 cm³/mol. The number of carbonyl (C=O) groups excluding carboxylic acids is 1. The first-order valence-corrected chi connectivity index (χ1v) is 13.8. The average molecular weight is 665 g/mol. The van der Waals surface area contributed by atoms with Crippen molar-refractivity contribution in [3.8, 4) is 18.1 Å². The Labute approximate surface area is 244 Å². The smallest absolute Gasteiger partial charge is 0.428 e. The maximum Gasteiger partial charge on any atom is 0.461 e. The van der Waals surface area contributed by atoms with Crippen molar-refractivity contribution >= 4 is 28.6 Å². The summed E-state index contributed by atoms with van der Waals surface area (Å²) in [4.78, 5) is 18.3. The molecule has 210 valence electrons. The number of aromatic nitrogens is 1. The van der Waals surface area contributed by atoms with E-state index in [-0.39, 0.29) is 6.42 Å². The molecule has 5 nitrogen and oxygen atoms in total. The molecule has 2 N–H and O–H groups in total. The normalized spacial score (nSPS) is 16.4. The summed E-state index contributed by atoms with van der Waals surface area (Å²) in [5, 5.41) is 6.02. The largest absolute Gasteiger partial charge is 0.461 e. The molecule has 0 radical (unpaired) electrons. The Morgan fingerprint density at radius 3 is 2.42 bits per heavy atom. The number of ether oxygens (including phenoxy) is 1. The van der Waals surface area contributed by atoms with Gasteiger partial charge in [-0.05, 0) is 70.8 Å². The minimum absolute atomic E-state index is 0.159. The van der Waals surface area contributed by atoms with E-state index in [1.54, 1.807) is 24.4 Å². The van der Waals surface area contributed by atoms with Gasteiger partial charge < -0.3 is 15.4 Å². The molecule has 10 heteroatoms. The van der Waals surface area contributed by atoms with Crippen LogP contribution in [0.4, 0.5) is 22.4 Å². The highest BCUT2D eigenvalue weighted by Crippen LogP contribution is 2.37. The lowest BCUT2D eigenvalue weighted by Gasteiger charge is -2.38. The molecule has 1 heterocycles. The van der Waals surface area contributed by atoms with Crippen LogP contribution < -0.4 is 15.4 Å². The van der Waals surface area contributed by atoms with Gasteiger partial charge in [-0.25, -0.2) is 4.79 Å². The summed E-state index contributed by atoms with van der Waals surface area (Å²) in [6.45, 7) is 0. The van der Waals surface area contributed by atoms with Gasteiger partial charge in [0.2, 0.25) is 0 Å². The van der Waals surface area contributed by atoms with Crippen molar-refractivity contribution in [2.75, 3.05) is 0 Å². The molecule has 1 aliphatic rings. The number of benzene rings is 2. The van der Waals surface area contributed by atoms with E-state index < -0.39 is 35.4 Å². The van der Waals surface area contributed by atoms with Gasteiger partial charge in [0.25, 0.3) is 0 Å². The molecule has 3 aromatic rings. The van der Waals surface area contributed by atoms with Gasteiger partial charge in [-0.2, -0.15) is 17.6 Å². The van der Waals surface area contributed by atoms with Crippen LogP contribution in [0.2, 0.25) is 0 Å². The fourth-order valence-electron chi connectivity index (χ4n) is 4.98. The second-order valence-corrected chi connectivity index (χ2v) is 11.0. The van der Waals surface area contributed by atoms with Gasteiger partial charge in [0.05, 0.1) is 5.69 Å². The minimum atomic E-state index is -4.70. The molecule has 2 aromatic carbocycles. The summed E-state index contributed by atoms with van der Waals surface area (Å²) in [5.74, 6) is 2.27. The third kappa shape index (κ3) is 6.86. The van der Waals surface area contributed by atoms with Gasteiger partial charge >= 0.3 is 18.6 Å². The first kappa shape index (κ1) is 29.6. The predicted octanol–water partition coefficient (Wildman–Crippen LogP) is 7.04. The van der Waals surface area contributed by atoms with Crippen molar-refractivity contribution in [1.29, 1.82) is 0 Å². The Hall–Kier alpha value is -3.33. The quantitative estimate of drug-likeness (QED) is 0.147. The number of carbonyl (C=O) groups is 1. The summed E-state index contributed by atoms with van der Waals surface area (Å²) in [6, 6.07) is 17.6. The number of nitrogens with zero attached hydrogens (tertiary/aromatic N) is 1. The van der Waals surface area contributed by atoms with Crippen LogP contribution in [0.25, 0.3) is 0 Å². The number of pyridine rings is 1. The molecule has 0 aliphatic heterocycles. The molecule has 1 atom stereocenters. The van der Waals surface area contributed by atoms with Crippen molar-refractivity contribution in [3.63, 3.8) is 0 Å². The number of terminal acetylenes is 1. The standard InChI is InChI=1S/C30H28F4IN3O2/c1-2-28(16-7-4-8-17-28)37-27(39)38-29(19-21-10-5-3-6-11-21,25-15-14-23(35)20-36-25)22-12-9-13-24(18-22)40-30(33,34)26(31)32/h1,3,5-6,9-15,18,20,26H,4,7-8,16-17,19H2,(H2,37,38,39)/t29-/m0/s1. The second-order valence-electron chi connectivity index (χ2n) is 9.79. The minimum Gasteiger partial charge on any atom is -0.428 e. The van der Waals surface area contributed by atoms with Crippen LogP contribution in [0.1, 0.15) is 48.9 Å². The Bertz CT molecular complexity index is 1340. The van der Waals surface area contributed by atoms with Gasteiger partial charge in [-0.1, -0.05) is 67.6 Å². The molecule has 1 fully saturated rings. The summed E-state index contributed by atoms with van der Waals surface area (Å²) < 4.78 is 58.8. The second kappa shape index (κ2) is 12.5. The number of halogens is 5. The molecule has 0 unspecified atom stereocenters. The molecule has 1 aliphatic carbocycles. The molecular weight excluding hydrogens is 637 g/mol. The molecule has 0 spiro atoms. The number of amides is 2. The highest BCUT2D eigenvalue weighted by atomic mass is 127. The van der Waals surface area contributed by atoms with Gasteiger partial charge in [0, 0.05) is 16.2 Å². The molecule has 0 saturated heterocycles. The van der Waals surface area contributed by atoms with Crippen molar-refractivity contribution in [3.05, 3.63) is 93.3 Å². The van der Waals surface area contributed by atoms with Crippen LogP contribution in [-0.4, -0.2) is 29.1 Å². The fourth-order valence-corrected chi connectivity index (χ4v) is 5.30. The Kier molecular flexibility index (Phi) is 9.23. The topological polar surface area (TPSA) is 63.2 Å². The molecule has 2 amide bonds. The number of hydrogen-bond acceptors (Lipinski definition) is 3. The molecule has 1 saturated carbocycles. The first-order chi connectivity index (χ1) is 19.1. The van der Waals surface area contributed by atoms with Crippen molar-refractivity contribution < 1.29 is 27.1 Å². The van der Waals surface area contributed by atoms with E-state index in [1.807, 2.05) is 30.3 Å². The highest BCUT2D eigenvalue weighted by molar-refractivity contribution is 14.1. The van der Waals surface area contributed by atoms with Crippen molar-refractivity contribution in [1.82, 2.24) is 15.6 Å². The SMILES string of the molecule is C#CC1(NC(=O)N[C@@](Cc2ccccc2)(c2cccc(OC(F)(F)C(F)F)c2)c2ccc(I)cn2)CCCCC1. The van der Waals surface area contributed by atoms with Crippen molar-refractivity contribution in [2.45, 2.75) is 62.1 Å². The van der Waals surface area contributed by atoms with E-state index in [9.17, 15) is 22.4 Å². The number of urea groups is 1. The van der Waals surface area contributed by atoms with E-state index in [2.05, 4.69) is 48.9 Å². The molecule has 0 bridgehead atoms. The lowest BCUT2D eigenvalue weighted by Crippen LogP contribution is -2.58. The van der Waals surface area contributed by atoms with Crippen LogP contribution in [0, 0.1) is 15.9 Å². The lowest BCUT2D eigenvalue weighted by atomic mass is 9.80. The average Bonchev–Trinajstić information content (AvgIpc) is 2.94. The number of rotatable bonds is 9. The van der Waals surface area contributed by atoms with E-state index in [0.717, 1.165) is 34.5 Å². The number of hydrogen-bond donors (Lipinski definition) is 2. The summed E-state index contributed by atoms with van der Waals surface area (Å²) >= 11 is 2.10. The molecule has 1 aromatic heterocycles. The molecule has 40 heavy (non-hydrogen) atoms. The molecule has 4 rings (SSSR count). The van der Waals surface area contributed by atoms with Crippen LogP contribution in [0.5, 0.6) is 5.75 Å². The van der Waals surface area contributed by atoms with Crippen molar-refractivity contribution in [2.24, 2.45) is 0 Å². The lowest BCUT2D eigenvalue weighted by molar-refractivity contribution is -0.253. The van der Waals surface area contributed by atoms with Crippen LogP contribution in [-0.2, 0) is 12.0 Å². The zero-order valence-corrected chi connectivity index (χ0v) is 23.6. The third-order valence-corrected chi connectivity index (χ3v) is 7.61. The number of nitrogens with one attached hydrogen (secondary N) is 2. The van der Waals surface area contributed by atoms with Gasteiger partial charge in [0.15, 0.2) is 0 Å². The fraction of sp³-hybridized carbons (Fsp3) is 0.333. The first-order valence-electron chi connectivity index (χ1n) is 12.8. The van der Waals surface area contributed by atoms with E-state index in [4.69, 9.17) is 6.42 Å². The highest BCUT2D eigenvalue weighted by Gasteiger charge is 2.45. The number of alkyl halides is 4. The summed E-state index contributed by atoms with van der Waals surface area (Å²) in [6.07, 6.45) is 2.92. The summed E-state index contributed by atoms with van der Waals surface area (Å²) in [7, 11) is 0. The van der Waals surface area contributed by atoms with Gasteiger partial charge in [0.1, 0.15) is 16.8 Å². The van der Waals surface area contributed by atoms with Crippen LogP contribution in [0.15, 0.2) is 72.9 Å². The Morgan fingerprint density at radius 2 is 1.80 bits per heavy atom. The van der Waals surface area contributed by atoms with E-state index >= 15 is 0 Å². The molecular formula is C30H28F4IN3O2. The zero-order valence-electron chi connectivity index (χ0n) is 21.5. The monoisotopic (exact) mass is 665 g/mol. The third-order valence-electron chi connectivity index (χ3n) is 6.97.